The number of carbonyl (C=O) groups excluding carboxylic acids is 1. The van der Waals surface area contributed by atoms with Gasteiger partial charge in [0.25, 0.3) is 0 Å². The van der Waals surface area contributed by atoms with E-state index >= 15 is 0 Å². The Labute approximate surface area is 189 Å². The predicted molar refractivity (Wildman–Crippen MR) is 132 cm³/mol. The van der Waals surface area contributed by atoms with Gasteiger partial charge in [-0.3, -0.25) is 9.78 Å². The van der Waals surface area contributed by atoms with Crippen LogP contribution in [0.5, 0.6) is 0 Å². The van der Waals surface area contributed by atoms with Crippen molar-refractivity contribution in [3.63, 3.8) is 0 Å². The molecular weight excluding hydrogens is 396 g/mol. The molecule has 4 aromatic rings. The number of amides is 1. The first-order valence-electron chi connectivity index (χ1n) is 11.1. The van der Waals surface area contributed by atoms with Gasteiger partial charge in [0, 0.05) is 33.5 Å². The highest BCUT2D eigenvalue weighted by Gasteiger charge is 2.12. The molecule has 0 radical (unpaired) electrons. The van der Waals surface area contributed by atoms with Gasteiger partial charge in [0.1, 0.15) is 0 Å². The van der Waals surface area contributed by atoms with Gasteiger partial charge in [0.15, 0.2) is 0 Å². The minimum atomic E-state index is -0.414. The first-order chi connectivity index (χ1) is 15.4. The molecule has 2 aromatic carbocycles. The molecule has 0 atom stereocenters. The molecule has 164 valence electrons. The van der Waals surface area contributed by atoms with Crippen LogP contribution in [0.1, 0.15) is 40.2 Å². The SMILES string of the molecule is C1CCNC1.Cc1cc(-c2ccc3c(C)c(-c4ccc(C(N)=O)cc4)[nH]c3c2)cc(C)n1. The molecule has 3 heterocycles. The number of pyridine rings is 1. The molecule has 0 unspecified atom stereocenters. The number of aromatic amines is 1. The van der Waals surface area contributed by atoms with Crippen LogP contribution in [0.4, 0.5) is 0 Å². The van der Waals surface area contributed by atoms with Crippen molar-refractivity contribution in [1.29, 1.82) is 0 Å². The topological polar surface area (TPSA) is 83.8 Å². The molecular formula is C27H30N4O. The number of nitrogens with one attached hydrogen (secondary N) is 2. The van der Waals surface area contributed by atoms with Crippen molar-refractivity contribution in [1.82, 2.24) is 15.3 Å². The van der Waals surface area contributed by atoms with E-state index in [0.29, 0.717) is 5.56 Å². The Morgan fingerprint density at radius 3 is 2.03 bits per heavy atom. The normalized spacial score (nSPS) is 13.1. The van der Waals surface area contributed by atoms with E-state index in [2.05, 4.69) is 52.5 Å². The summed E-state index contributed by atoms with van der Waals surface area (Å²) in [7, 11) is 0. The number of hydrogen-bond acceptors (Lipinski definition) is 3. The van der Waals surface area contributed by atoms with Gasteiger partial charge >= 0.3 is 0 Å². The fraction of sp³-hybridized carbons (Fsp3) is 0.259. The molecule has 4 N–H and O–H groups in total. The van der Waals surface area contributed by atoms with Gasteiger partial charge in [-0.1, -0.05) is 24.3 Å². The highest BCUT2D eigenvalue weighted by Crippen LogP contribution is 2.32. The van der Waals surface area contributed by atoms with Crippen LogP contribution in [0.15, 0.2) is 54.6 Å². The molecule has 32 heavy (non-hydrogen) atoms. The van der Waals surface area contributed by atoms with Crippen molar-refractivity contribution in [2.45, 2.75) is 33.6 Å². The van der Waals surface area contributed by atoms with E-state index < -0.39 is 5.91 Å². The summed E-state index contributed by atoms with van der Waals surface area (Å²) in [6.07, 6.45) is 2.78. The standard InChI is InChI=1S/C23H21N3O.C4H9N/c1-13-10-19(11-14(2)25-13)18-8-9-20-15(3)22(26-21(20)12-18)16-4-6-17(7-5-16)23(24)27;1-2-4-5-3-1/h4-12,26H,1-3H3,(H2,24,27);5H,1-4H2. The maximum absolute atomic E-state index is 11.3. The molecule has 5 heteroatoms. The fourth-order valence-corrected chi connectivity index (χ4v) is 4.23. The number of rotatable bonds is 3. The largest absolute Gasteiger partial charge is 0.366 e. The van der Waals surface area contributed by atoms with Crippen molar-refractivity contribution in [2.75, 3.05) is 13.1 Å². The van der Waals surface area contributed by atoms with E-state index in [1.165, 1.54) is 42.4 Å². The van der Waals surface area contributed by atoms with Crippen LogP contribution >= 0.6 is 0 Å². The number of primary amides is 1. The highest BCUT2D eigenvalue weighted by molar-refractivity contribution is 5.95. The molecule has 2 aromatic heterocycles. The van der Waals surface area contributed by atoms with Crippen molar-refractivity contribution < 1.29 is 4.79 Å². The van der Waals surface area contributed by atoms with Gasteiger partial charge < -0.3 is 16.0 Å². The van der Waals surface area contributed by atoms with Gasteiger partial charge in [-0.25, -0.2) is 0 Å². The van der Waals surface area contributed by atoms with Gasteiger partial charge in [-0.2, -0.15) is 0 Å². The van der Waals surface area contributed by atoms with E-state index in [0.717, 1.165) is 33.7 Å². The molecule has 5 rings (SSSR count). The van der Waals surface area contributed by atoms with Crippen LogP contribution in [-0.2, 0) is 0 Å². The van der Waals surface area contributed by atoms with Crippen molar-refractivity contribution in [2.24, 2.45) is 5.73 Å². The van der Waals surface area contributed by atoms with E-state index in [1.807, 2.05) is 26.0 Å². The lowest BCUT2D eigenvalue weighted by Gasteiger charge is -2.05. The second-order valence-corrected chi connectivity index (χ2v) is 8.42. The monoisotopic (exact) mass is 426 g/mol. The number of carbonyl (C=O) groups is 1. The van der Waals surface area contributed by atoms with E-state index in [4.69, 9.17) is 5.73 Å². The summed E-state index contributed by atoms with van der Waals surface area (Å²) in [5.41, 5.74) is 14.6. The van der Waals surface area contributed by atoms with E-state index in [1.54, 1.807) is 12.1 Å². The number of fused-ring (bicyclic) bond motifs is 1. The molecule has 1 aliphatic heterocycles. The molecule has 1 fully saturated rings. The fourth-order valence-electron chi connectivity index (χ4n) is 4.23. The van der Waals surface area contributed by atoms with Crippen LogP contribution in [0.25, 0.3) is 33.3 Å². The van der Waals surface area contributed by atoms with Gasteiger partial charge in [-0.05, 0) is 99.3 Å². The first kappa shape index (κ1) is 21.8. The predicted octanol–water partition coefficient (Wildman–Crippen LogP) is 5.29. The third-order valence-electron chi connectivity index (χ3n) is 5.89. The molecule has 0 saturated carbocycles. The van der Waals surface area contributed by atoms with Crippen molar-refractivity contribution in [3.05, 3.63) is 77.1 Å². The molecule has 0 bridgehead atoms. The number of aryl methyl sites for hydroxylation is 3. The summed E-state index contributed by atoms with van der Waals surface area (Å²) in [6, 6.07) is 18.1. The number of aromatic nitrogens is 2. The van der Waals surface area contributed by atoms with Gasteiger partial charge in [-0.15, -0.1) is 0 Å². The summed E-state index contributed by atoms with van der Waals surface area (Å²) in [4.78, 5) is 19.3. The Hall–Kier alpha value is -3.44. The number of hydrogen-bond donors (Lipinski definition) is 3. The smallest absolute Gasteiger partial charge is 0.248 e. The van der Waals surface area contributed by atoms with Crippen molar-refractivity contribution >= 4 is 16.8 Å². The maximum atomic E-state index is 11.3. The zero-order valence-corrected chi connectivity index (χ0v) is 19.0. The number of nitrogens with zero attached hydrogens (tertiary/aromatic N) is 1. The Morgan fingerprint density at radius 1 is 0.844 bits per heavy atom. The summed E-state index contributed by atoms with van der Waals surface area (Å²) in [6.45, 7) is 8.64. The summed E-state index contributed by atoms with van der Waals surface area (Å²) < 4.78 is 0. The third-order valence-corrected chi connectivity index (χ3v) is 5.89. The lowest BCUT2D eigenvalue weighted by atomic mass is 10.0. The zero-order valence-electron chi connectivity index (χ0n) is 19.0. The minimum absolute atomic E-state index is 0.414. The Balaban J connectivity index is 0.000000433. The average Bonchev–Trinajstić information content (AvgIpc) is 3.45. The number of nitrogens with two attached hydrogens (primary N) is 1. The van der Waals surface area contributed by atoms with Gasteiger partial charge in [0.2, 0.25) is 5.91 Å². The Kier molecular flexibility index (Phi) is 6.37. The summed E-state index contributed by atoms with van der Waals surface area (Å²) in [5.74, 6) is -0.414. The van der Waals surface area contributed by atoms with E-state index in [9.17, 15) is 4.79 Å². The van der Waals surface area contributed by atoms with E-state index in [-0.39, 0.29) is 0 Å². The maximum Gasteiger partial charge on any atom is 0.248 e. The second kappa shape index (κ2) is 9.37. The quantitative estimate of drug-likeness (QED) is 0.416. The second-order valence-electron chi connectivity index (χ2n) is 8.42. The molecule has 0 aliphatic carbocycles. The summed E-state index contributed by atoms with van der Waals surface area (Å²) in [5, 5.41) is 4.41. The van der Waals surface area contributed by atoms with Crippen LogP contribution < -0.4 is 11.1 Å². The molecule has 5 nitrogen and oxygen atoms in total. The molecule has 0 spiro atoms. The third kappa shape index (κ3) is 4.73. The van der Waals surface area contributed by atoms with Crippen LogP contribution in [0.2, 0.25) is 0 Å². The van der Waals surface area contributed by atoms with Crippen LogP contribution in [0, 0.1) is 20.8 Å². The van der Waals surface area contributed by atoms with Gasteiger partial charge in [0.05, 0.1) is 0 Å². The number of H-pyrrole nitrogens is 1. The Bertz CT molecular complexity index is 1220. The first-order valence-corrected chi connectivity index (χ1v) is 11.1. The molecule has 1 saturated heterocycles. The zero-order chi connectivity index (χ0) is 22.7. The highest BCUT2D eigenvalue weighted by atomic mass is 16.1. The lowest BCUT2D eigenvalue weighted by Crippen LogP contribution is -2.10. The molecule has 1 aliphatic rings. The average molecular weight is 427 g/mol. The Morgan fingerprint density at radius 2 is 1.47 bits per heavy atom. The minimum Gasteiger partial charge on any atom is -0.366 e. The van der Waals surface area contributed by atoms with Crippen molar-refractivity contribution in [3.8, 4) is 22.4 Å². The lowest BCUT2D eigenvalue weighted by molar-refractivity contribution is 0.100. The van der Waals surface area contributed by atoms with Crippen LogP contribution in [-0.4, -0.2) is 29.0 Å². The number of benzene rings is 2. The molecule has 1 amide bonds. The van der Waals surface area contributed by atoms with Crippen LogP contribution in [0.3, 0.4) is 0 Å². The summed E-state index contributed by atoms with van der Waals surface area (Å²) >= 11 is 0.